The Labute approximate surface area is 61.8 Å². The van der Waals surface area contributed by atoms with Crippen LogP contribution in [0.15, 0.2) is 0 Å². The van der Waals surface area contributed by atoms with Crippen LogP contribution in [0.2, 0.25) is 0 Å². The Morgan fingerprint density at radius 2 is 2.27 bits per heavy atom. The Balaban J connectivity index is 2.20. The van der Waals surface area contributed by atoms with E-state index in [0.717, 1.165) is 0 Å². The van der Waals surface area contributed by atoms with Crippen LogP contribution in [-0.4, -0.2) is 21.1 Å². The summed E-state index contributed by atoms with van der Waals surface area (Å²) in [6.45, 7) is 1.69. The van der Waals surface area contributed by atoms with Crippen molar-refractivity contribution < 1.29 is 8.78 Å². The van der Waals surface area contributed by atoms with Crippen molar-refractivity contribution >= 4 is 0 Å². The highest BCUT2D eigenvalue weighted by atomic mass is 19.3. The molecule has 11 heavy (non-hydrogen) atoms. The number of nitrogens with one attached hydrogen (secondary N) is 1. The number of nitrogens with zero attached hydrogens (tertiary/aromatic N) is 2. The summed E-state index contributed by atoms with van der Waals surface area (Å²) in [5.74, 6) is -2.48. The van der Waals surface area contributed by atoms with Crippen molar-refractivity contribution in [2.45, 2.75) is 25.2 Å². The van der Waals surface area contributed by atoms with Crippen LogP contribution >= 0.6 is 0 Å². The number of hydrogen-bond acceptors (Lipinski definition) is 2. The minimum atomic E-state index is -2.56. The molecule has 1 saturated carbocycles. The molecule has 1 atom stereocenters. The van der Waals surface area contributed by atoms with Gasteiger partial charge < -0.3 is 0 Å². The highest BCUT2D eigenvalue weighted by Gasteiger charge is 2.59. The molecule has 1 aliphatic rings. The average Bonchev–Trinajstić information content (AvgIpc) is 2.39. The second-order valence-corrected chi connectivity index (χ2v) is 2.80. The Hall–Kier alpha value is -1.00. The molecule has 1 aromatic heterocycles. The van der Waals surface area contributed by atoms with Crippen molar-refractivity contribution in [3.05, 3.63) is 11.6 Å². The van der Waals surface area contributed by atoms with Gasteiger partial charge in [0.25, 0.3) is 5.92 Å². The van der Waals surface area contributed by atoms with Crippen molar-refractivity contribution in [3.8, 4) is 0 Å². The van der Waals surface area contributed by atoms with E-state index in [1.54, 1.807) is 6.92 Å². The van der Waals surface area contributed by atoms with Gasteiger partial charge in [-0.2, -0.15) is 5.10 Å². The van der Waals surface area contributed by atoms with Crippen molar-refractivity contribution in [3.63, 3.8) is 0 Å². The molecule has 0 saturated heterocycles. The van der Waals surface area contributed by atoms with Crippen LogP contribution in [0.1, 0.15) is 24.0 Å². The molecule has 2 rings (SSSR count). The first-order valence-electron chi connectivity index (χ1n) is 3.36. The third-order valence-corrected chi connectivity index (χ3v) is 1.75. The smallest absolute Gasteiger partial charge is 0.259 e. The van der Waals surface area contributed by atoms with E-state index in [1.807, 2.05) is 0 Å². The van der Waals surface area contributed by atoms with Gasteiger partial charge in [0, 0.05) is 6.42 Å². The van der Waals surface area contributed by atoms with Gasteiger partial charge in [0.1, 0.15) is 5.82 Å². The second kappa shape index (κ2) is 1.78. The number of H-pyrrole nitrogens is 1. The number of halogens is 2. The van der Waals surface area contributed by atoms with Crippen LogP contribution in [0.4, 0.5) is 8.78 Å². The normalized spacial score (nSPS) is 27.0. The van der Waals surface area contributed by atoms with Crippen LogP contribution in [0, 0.1) is 6.92 Å². The summed E-state index contributed by atoms with van der Waals surface area (Å²) in [7, 11) is 0. The lowest BCUT2D eigenvalue weighted by Gasteiger charge is -1.88. The van der Waals surface area contributed by atoms with E-state index in [1.165, 1.54) is 0 Å². The first-order valence-corrected chi connectivity index (χ1v) is 3.36. The molecule has 3 nitrogen and oxygen atoms in total. The predicted molar refractivity (Wildman–Crippen MR) is 33.4 cm³/mol. The fraction of sp³-hybridized carbons (Fsp3) is 0.667. The third kappa shape index (κ3) is 1.00. The van der Waals surface area contributed by atoms with Crippen molar-refractivity contribution in [1.29, 1.82) is 0 Å². The summed E-state index contributed by atoms with van der Waals surface area (Å²) in [6, 6.07) is 0. The van der Waals surface area contributed by atoms with Gasteiger partial charge >= 0.3 is 0 Å². The molecular formula is C6H7F2N3. The number of alkyl halides is 2. The minimum absolute atomic E-state index is 0.107. The third-order valence-electron chi connectivity index (χ3n) is 1.75. The fourth-order valence-electron chi connectivity index (χ4n) is 1.01. The molecule has 1 aliphatic carbocycles. The standard InChI is InChI=1S/C6H7F2N3/c1-3-9-5(11-10-3)4-2-6(4,7)8/h4H,2H2,1H3,(H,9,10,11). The Bertz CT molecular complexity index is 281. The number of aromatic nitrogens is 3. The first kappa shape index (κ1) is 6.69. The van der Waals surface area contributed by atoms with Crippen molar-refractivity contribution in [2.75, 3.05) is 0 Å². The number of hydrogen-bond donors (Lipinski definition) is 1. The second-order valence-electron chi connectivity index (χ2n) is 2.80. The molecule has 1 heterocycles. The minimum Gasteiger partial charge on any atom is -0.263 e. The zero-order valence-electron chi connectivity index (χ0n) is 5.93. The van der Waals surface area contributed by atoms with Gasteiger partial charge in [0.15, 0.2) is 5.82 Å². The molecule has 0 aromatic carbocycles. The van der Waals surface area contributed by atoms with Crippen LogP contribution in [0.25, 0.3) is 0 Å². The molecule has 5 heteroatoms. The highest BCUT2D eigenvalue weighted by molar-refractivity contribution is 5.15. The Morgan fingerprint density at radius 3 is 2.64 bits per heavy atom. The molecule has 1 unspecified atom stereocenters. The molecule has 0 bridgehead atoms. The summed E-state index contributed by atoms with van der Waals surface area (Å²) in [4.78, 5) is 3.82. The SMILES string of the molecule is Cc1nc(C2CC2(F)F)n[nH]1. The van der Waals surface area contributed by atoms with Gasteiger partial charge in [0.05, 0.1) is 5.92 Å². The topological polar surface area (TPSA) is 41.6 Å². The molecule has 1 aromatic rings. The fourth-order valence-corrected chi connectivity index (χ4v) is 1.01. The lowest BCUT2D eigenvalue weighted by atomic mass is 10.4. The number of aryl methyl sites for hydroxylation is 1. The lowest BCUT2D eigenvalue weighted by molar-refractivity contribution is 0.111. The van der Waals surface area contributed by atoms with Gasteiger partial charge in [-0.05, 0) is 6.92 Å². The zero-order chi connectivity index (χ0) is 8.06. The molecule has 1 fully saturated rings. The maximum Gasteiger partial charge on any atom is 0.259 e. The van der Waals surface area contributed by atoms with Crippen molar-refractivity contribution in [2.24, 2.45) is 0 Å². The highest BCUT2D eigenvalue weighted by Crippen LogP contribution is 2.54. The van der Waals surface area contributed by atoms with Crippen LogP contribution in [0.3, 0.4) is 0 Å². The summed E-state index contributed by atoms with van der Waals surface area (Å²) >= 11 is 0. The lowest BCUT2D eigenvalue weighted by Crippen LogP contribution is -1.94. The van der Waals surface area contributed by atoms with E-state index >= 15 is 0 Å². The molecule has 0 spiro atoms. The van der Waals surface area contributed by atoms with Crippen molar-refractivity contribution in [1.82, 2.24) is 15.2 Å². The summed E-state index contributed by atoms with van der Waals surface area (Å²) in [6.07, 6.45) is -0.107. The molecule has 1 N–H and O–H groups in total. The van der Waals surface area contributed by atoms with Crippen LogP contribution in [-0.2, 0) is 0 Å². The predicted octanol–water partition coefficient (Wildman–Crippen LogP) is 1.24. The molecular weight excluding hydrogens is 152 g/mol. The molecule has 0 radical (unpaired) electrons. The maximum absolute atomic E-state index is 12.4. The van der Waals surface area contributed by atoms with E-state index in [9.17, 15) is 8.78 Å². The summed E-state index contributed by atoms with van der Waals surface area (Å²) < 4.78 is 24.8. The molecule has 60 valence electrons. The summed E-state index contributed by atoms with van der Waals surface area (Å²) in [5, 5.41) is 6.19. The molecule has 0 amide bonds. The first-order chi connectivity index (χ1) is 5.09. The van der Waals surface area contributed by atoms with Gasteiger partial charge in [-0.25, -0.2) is 13.8 Å². The average molecular weight is 159 g/mol. The number of aromatic amines is 1. The van der Waals surface area contributed by atoms with E-state index in [0.29, 0.717) is 5.82 Å². The maximum atomic E-state index is 12.4. The van der Waals surface area contributed by atoms with Gasteiger partial charge in [-0.3, -0.25) is 5.10 Å². The van der Waals surface area contributed by atoms with E-state index in [-0.39, 0.29) is 12.2 Å². The van der Waals surface area contributed by atoms with Gasteiger partial charge in [0.2, 0.25) is 0 Å². The summed E-state index contributed by atoms with van der Waals surface area (Å²) in [5.41, 5.74) is 0. The number of rotatable bonds is 1. The van der Waals surface area contributed by atoms with E-state index in [4.69, 9.17) is 0 Å². The van der Waals surface area contributed by atoms with Gasteiger partial charge in [-0.15, -0.1) is 0 Å². The Kier molecular flexibility index (Phi) is 1.08. The Morgan fingerprint density at radius 1 is 1.64 bits per heavy atom. The monoisotopic (exact) mass is 159 g/mol. The quantitative estimate of drug-likeness (QED) is 0.669. The van der Waals surface area contributed by atoms with Crippen LogP contribution in [0.5, 0.6) is 0 Å². The largest absolute Gasteiger partial charge is 0.263 e. The van der Waals surface area contributed by atoms with E-state index < -0.39 is 11.8 Å². The molecule has 0 aliphatic heterocycles. The van der Waals surface area contributed by atoms with E-state index in [2.05, 4.69) is 15.2 Å². The van der Waals surface area contributed by atoms with Gasteiger partial charge in [-0.1, -0.05) is 0 Å². The van der Waals surface area contributed by atoms with Crippen LogP contribution < -0.4 is 0 Å². The zero-order valence-corrected chi connectivity index (χ0v) is 5.93.